The predicted molar refractivity (Wildman–Crippen MR) is 124 cm³/mol. The van der Waals surface area contributed by atoms with Gasteiger partial charge in [0.25, 0.3) is 11.8 Å². The topological polar surface area (TPSA) is 40.6 Å². The summed E-state index contributed by atoms with van der Waals surface area (Å²) >= 11 is 0. The van der Waals surface area contributed by atoms with Crippen molar-refractivity contribution in [2.45, 2.75) is 27.7 Å². The van der Waals surface area contributed by atoms with E-state index >= 15 is 0 Å². The lowest BCUT2D eigenvalue weighted by Crippen LogP contribution is -2.32. The van der Waals surface area contributed by atoms with E-state index in [2.05, 4.69) is 0 Å². The van der Waals surface area contributed by atoms with E-state index in [0.717, 1.165) is 22.5 Å². The van der Waals surface area contributed by atoms with Gasteiger partial charge in [-0.05, 0) is 81.3 Å². The Hall–Kier alpha value is -3.40. The second-order valence-corrected chi connectivity index (χ2v) is 7.36. The average Bonchev–Trinajstić information content (AvgIpc) is 2.75. The summed E-state index contributed by atoms with van der Waals surface area (Å²) in [6.07, 6.45) is 0. The number of carbonyl (C=O) groups is 2. The number of aryl methyl sites for hydroxylation is 2. The lowest BCUT2D eigenvalue weighted by atomic mass is 10.1. The summed E-state index contributed by atoms with van der Waals surface area (Å²) in [6, 6.07) is 22.7. The molecule has 4 heteroatoms. The summed E-state index contributed by atoms with van der Waals surface area (Å²) in [4.78, 5) is 29.9. The third kappa shape index (κ3) is 4.60. The molecule has 0 atom stereocenters. The van der Waals surface area contributed by atoms with E-state index < -0.39 is 0 Å². The molecule has 0 unspecified atom stereocenters. The van der Waals surface area contributed by atoms with Crippen LogP contribution in [0.3, 0.4) is 0 Å². The Morgan fingerprint density at radius 3 is 1.40 bits per heavy atom. The van der Waals surface area contributed by atoms with Gasteiger partial charge in [-0.2, -0.15) is 0 Å². The maximum atomic E-state index is 13.2. The summed E-state index contributed by atoms with van der Waals surface area (Å²) in [5, 5.41) is 0. The van der Waals surface area contributed by atoms with Crippen molar-refractivity contribution in [2.24, 2.45) is 0 Å². The van der Waals surface area contributed by atoms with Crippen LogP contribution in [0.1, 0.15) is 45.7 Å². The van der Waals surface area contributed by atoms with Crippen LogP contribution in [0.15, 0.2) is 72.8 Å². The Balaban J connectivity index is 1.91. The largest absolute Gasteiger partial charge is 0.309 e. The van der Waals surface area contributed by atoms with E-state index in [0.29, 0.717) is 24.2 Å². The Morgan fingerprint density at radius 2 is 1.03 bits per heavy atom. The first kappa shape index (κ1) is 21.3. The molecule has 154 valence electrons. The van der Waals surface area contributed by atoms with E-state index in [4.69, 9.17) is 0 Å². The Bertz CT molecular complexity index is 977. The van der Waals surface area contributed by atoms with Gasteiger partial charge in [0.15, 0.2) is 0 Å². The minimum atomic E-state index is -0.114. The molecule has 0 aliphatic carbocycles. The van der Waals surface area contributed by atoms with Crippen molar-refractivity contribution in [1.29, 1.82) is 0 Å². The molecular formula is C26H28N2O2. The maximum Gasteiger partial charge on any atom is 0.258 e. The number of rotatable bonds is 6. The zero-order valence-electron chi connectivity index (χ0n) is 18.1. The first-order chi connectivity index (χ1) is 14.4. The highest BCUT2D eigenvalue weighted by Crippen LogP contribution is 2.22. The lowest BCUT2D eigenvalue weighted by molar-refractivity contribution is 0.0987. The molecule has 3 rings (SSSR count). The molecular weight excluding hydrogens is 372 g/mol. The van der Waals surface area contributed by atoms with Crippen molar-refractivity contribution in [3.63, 3.8) is 0 Å². The molecule has 0 N–H and O–H groups in total. The molecule has 2 amide bonds. The quantitative estimate of drug-likeness (QED) is 0.537. The lowest BCUT2D eigenvalue weighted by Gasteiger charge is -2.23. The molecule has 0 aliphatic rings. The van der Waals surface area contributed by atoms with Gasteiger partial charge in [-0.25, -0.2) is 0 Å². The number of anilines is 2. The molecule has 0 saturated carbocycles. The number of nitrogens with zero attached hydrogens (tertiary/aromatic N) is 2. The Kier molecular flexibility index (Phi) is 6.68. The van der Waals surface area contributed by atoms with Crippen molar-refractivity contribution in [1.82, 2.24) is 0 Å². The first-order valence-corrected chi connectivity index (χ1v) is 10.3. The van der Waals surface area contributed by atoms with Crippen LogP contribution in [0.5, 0.6) is 0 Å². The minimum absolute atomic E-state index is 0.114. The molecule has 3 aromatic rings. The van der Waals surface area contributed by atoms with Crippen molar-refractivity contribution in [3.05, 3.63) is 95.1 Å². The van der Waals surface area contributed by atoms with Gasteiger partial charge in [0, 0.05) is 35.6 Å². The number of hydrogen-bond acceptors (Lipinski definition) is 2. The molecule has 4 nitrogen and oxygen atoms in total. The summed E-state index contributed by atoms with van der Waals surface area (Å²) in [6.45, 7) is 9.00. The molecule has 0 fully saturated rings. The summed E-state index contributed by atoms with van der Waals surface area (Å²) in [5.41, 5.74) is 4.91. The molecule has 0 radical (unpaired) electrons. The van der Waals surface area contributed by atoms with Crippen LogP contribution in [0.25, 0.3) is 0 Å². The van der Waals surface area contributed by atoms with Gasteiger partial charge in [-0.15, -0.1) is 0 Å². The fraction of sp³-hybridized carbons (Fsp3) is 0.231. The first-order valence-electron chi connectivity index (χ1n) is 10.3. The van der Waals surface area contributed by atoms with E-state index in [1.807, 2.05) is 76.2 Å². The van der Waals surface area contributed by atoms with Crippen LogP contribution >= 0.6 is 0 Å². The minimum Gasteiger partial charge on any atom is -0.309 e. The van der Waals surface area contributed by atoms with Crippen LogP contribution in [0.2, 0.25) is 0 Å². The van der Waals surface area contributed by atoms with Gasteiger partial charge in [0.05, 0.1) is 0 Å². The molecule has 30 heavy (non-hydrogen) atoms. The van der Waals surface area contributed by atoms with Gasteiger partial charge < -0.3 is 9.80 Å². The van der Waals surface area contributed by atoms with Crippen molar-refractivity contribution >= 4 is 23.2 Å². The molecule has 0 aliphatic heterocycles. The van der Waals surface area contributed by atoms with Crippen molar-refractivity contribution in [3.8, 4) is 0 Å². The van der Waals surface area contributed by atoms with Gasteiger partial charge in [0.2, 0.25) is 0 Å². The Labute approximate surface area is 178 Å². The smallest absolute Gasteiger partial charge is 0.258 e. The highest BCUT2D eigenvalue weighted by Gasteiger charge is 2.20. The van der Waals surface area contributed by atoms with Crippen LogP contribution < -0.4 is 9.80 Å². The molecule has 0 aromatic heterocycles. The van der Waals surface area contributed by atoms with E-state index in [9.17, 15) is 9.59 Å². The zero-order chi connectivity index (χ0) is 21.7. The van der Waals surface area contributed by atoms with E-state index in [-0.39, 0.29) is 11.8 Å². The van der Waals surface area contributed by atoms with Crippen molar-refractivity contribution < 1.29 is 9.59 Å². The fourth-order valence-electron chi connectivity index (χ4n) is 3.58. The average molecular weight is 401 g/mol. The normalized spacial score (nSPS) is 10.5. The van der Waals surface area contributed by atoms with Crippen molar-refractivity contribution in [2.75, 3.05) is 22.9 Å². The van der Waals surface area contributed by atoms with Crippen LogP contribution in [0.4, 0.5) is 11.4 Å². The molecule has 0 spiro atoms. The van der Waals surface area contributed by atoms with Crippen LogP contribution in [-0.4, -0.2) is 24.9 Å². The highest BCUT2D eigenvalue weighted by atomic mass is 16.2. The third-order valence-electron chi connectivity index (χ3n) is 5.11. The molecule has 0 saturated heterocycles. The third-order valence-corrected chi connectivity index (χ3v) is 5.11. The summed E-state index contributed by atoms with van der Waals surface area (Å²) < 4.78 is 0. The highest BCUT2D eigenvalue weighted by molar-refractivity contribution is 6.10. The van der Waals surface area contributed by atoms with Gasteiger partial charge in [-0.3, -0.25) is 9.59 Å². The number of hydrogen-bond donors (Lipinski definition) is 0. The predicted octanol–water partition coefficient (Wildman–Crippen LogP) is 5.64. The van der Waals surface area contributed by atoms with Gasteiger partial charge >= 0.3 is 0 Å². The summed E-state index contributed by atoms with van der Waals surface area (Å²) in [7, 11) is 0. The van der Waals surface area contributed by atoms with Crippen LogP contribution in [-0.2, 0) is 0 Å². The number of benzene rings is 3. The standard InChI is InChI=1S/C26H28N2O2/c1-5-27(23-14-7-10-19(3)16-23)25(29)21-12-9-13-22(18-21)26(30)28(6-2)24-15-8-11-20(4)17-24/h7-18H,5-6H2,1-4H3. The SMILES string of the molecule is CCN(C(=O)c1cccc(C(=O)N(CC)c2cccc(C)c2)c1)c1cccc(C)c1. The second-order valence-electron chi connectivity index (χ2n) is 7.36. The van der Waals surface area contributed by atoms with Gasteiger partial charge in [0.1, 0.15) is 0 Å². The maximum absolute atomic E-state index is 13.2. The second kappa shape index (κ2) is 9.40. The molecule has 3 aromatic carbocycles. The Morgan fingerprint density at radius 1 is 0.633 bits per heavy atom. The van der Waals surface area contributed by atoms with Gasteiger partial charge in [-0.1, -0.05) is 30.3 Å². The zero-order valence-corrected chi connectivity index (χ0v) is 18.1. The van der Waals surface area contributed by atoms with Crippen LogP contribution in [0, 0.1) is 13.8 Å². The van der Waals surface area contributed by atoms with E-state index in [1.54, 1.807) is 34.1 Å². The fourth-order valence-corrected chi connectivity index (χ4v) is 3.58. The molecule has 0 heterocycles. The number of carbonyl (C=O) groups excluding carboxylic acids is 2. The van der Waals surface area contributed by atoms with E-state index in [1.165, 1.54) is 0 Å². The monoisotopic (exact) mass is 400 g/mol. The number of amides is 2. The molecule has 0 bridgehead atoms. The summed E-state index contributed by atoms with van der Waals surface area (Å²) in [5.74, 6) is -0.229.